The minimum atomic E-state index is -3.82. The number of nitrogens with one attached hydrogen (secondary N) is 1. The third kappa shape index (κ3) is 5.88. The summed E-state index contributed by atoms with van der Waals surface area (Å²) >= 11 is 0. The molecular weight excluding hydrogens is 476 g/mol. The summed E-state index contributed by atoms with van der Waals surface area (Å²) in [5.74, 6) is 1.22. The van der Waals surface area contributed by atoms with Gasteiger partial charge in [-0.25, -0.2) is 8.42 Å². The predicted octanol–water partition coefficient (Wildman–Crippen LogP) is 5.65. The van der Waals surface area contributed by atoms with Gasteiger partial charge in [0.05, 0.1) is 13.0 Å². The molecule has 0 bridgehead atoms. The Morgan fingerprint density at radius 2 is 1.69 bits per heavy atom. The van der Waals surface area contributed by atoms with Crippen LogP contribution in [-0.4, -0.2) is 38.8 Å². The Morgan fingerprint density at radius 1 is 1.00 bits per heavy atom. The molecular formula is C28H32N2O5S. The van der Waals surface area contributed by atoms with E-state index >= 15 is 0 Å². The Hall–Kier alpha value is -3.36. The number of methoxy groups -OCH3 is 1. The summed E-state index contributed by atoms with van der Waals surface area (Å²) in [6.45, 7) is 4.52. The lowest BCUT2D eigenvalue weighted by atomic mass is 9.98. The minimum Gasteiger partial charge on any atom is -0.495 e. The van der Waals surface area contributed by atoms with Crippen molar-refractivity contribution in [3.63, 3.8) is 0 Å². The third-order valence-corrected chi connectivity index (χ3v) is 8.21. The maximum absolute atomic E-state index is 13.6. The lowest BCUT2D eigenvalue weighted by Crippen LogP contribution is -2.43. The molecule has 1 fully saturated rings. The van der Waals surface area contributed by atoms with Crippen LogP contribution in [0.2, 0.25) is 0 Å². The van der Waals surface area contributed by atoms with Gasteiger partial charge in [-0.2, -0.15) is 4.31 Å². The number of nitrogens with zero attached hydrogens (tertiary/aromatic N) is 1. The summed E-state index contributed by atoms with van der Waals surface area (Å²) in [7, 11) is -2.36. The van der Waals surface area contributed by atoms with Gasteiger partial charge in [-0.1, -0.05) is 38.1 Å². The van der Waals surface area contributed by atoms with E-state index in [1.807, 2.05) is 50.2 Å². The summed E-state index contributed by atoms with van der Waals surface area (Å²) in [5, 5.41) is 2.92. The van der Waals surface area contributed by atoms with Crippen molar-refractivity contribution < 1.29 is 22.7 Å². The number of hydrogen-bond acceptors (Lipinski definition) is 5. The van der Waals surface area contributed by atoms with Crippen LogP contribution in [-0.2, 0) is 14.8 Å². The highest BCUT2D eigenvalue weighted by atomic mass is 32.2. The fraction of sp³-hybridized carbons (Fsp3) is 0.321. The second kappa shape index (κ2) is 11.1. The van der Waals surface area contributed by atoms with Crippen molar-refractivity contribution in [1.82, 2.24) is 4.31 Å². The molecule has 1 N–H and O–H groups in total. The number of benzene rings is 3. The summed E-state index contributed by atoms with van der Waals surface area (Å²) in [5.41, 5.74) is 1.55. The van der Waals surface area contributed by atoms with E-state index in [1.54, 1.807) is 36.4 Å². The molecule has 4 rings (SSSR count). The quantitative estimate of drug-likeness (QED) is 0.425. The van der Waals surface area contributed by atoms with Gasteiger partial charge in [-0.3, -0.25) is 4.79 Å². The fourth-order valence-corrected chi connectivity index (χ4v) is 5.96. The average molecular weight is 509 g/mol. The van der Waals surface area contributed by atoms with Crippen molar-refractivity contribution in [2.45, 2.75) is 37.5 Å². The second-order valence-electron chi connectivity index (χ2n) is 9.20. The van der Waals surface area contributed by atoms with Gasteiger partial charge < -0.3 is 14.8 Å². The molecule has 0 aromatic heterocycles. The first-order chi connectivity index (χ1) is 17.3. The van der Waals surface area contributed by atoms with Gasteiger partial charge in [0.25, 0.3) is 0 Å². The zero-order valence-corrected chi connectivity index (χ0v) is 21.6. The second-order valence-corrected chi connectivity index (χ2v) is 11.1. The molecule has 8 heteroatoms. The van der Waals surface area contributed by atoms with Gasteiger partial charge in [0, 0.05) is 18.8 Å². The van der Waals surface area contributed by atoms with Crippen LogP contribution in [0.25, 0.3) is 0 Å². The highest BCUT2D eigenvalue weighted by Gasteiger charge is 2.35. The van der Waals surface area contributed by atoms with Crippen LogP contribution < -0.4 is 14.8 Å². The van der Waals surface area contributed by atoms with Crippen molar-refractivity contribution in [3.05, 3.63) is 78.4 Å². The Balaban J connectivity index is 1.44. The molecule has 0 radical (unpaired) electrons. The van der Waals surface area contributed by atoms with Gasteiger partial charge in [0.2, 0.25) is 15.9 Å². The molecule has 0 saturated carbocycles. The Labute approximate surface area is 213 Å². The molecule has 0 spiro atoms. The number of para-hydroxylation sites is 1. The molecule has 36 heavy (non-hydrogen) atoms. The number of carbonyl (C=O) groups is 1. The molecule has 0 aliphatic carbocycles. The van der Waals surface area contributed by atoms with Crippen molar-refractivity contribution in [2.24, 2.45) is 5.92 Å². The molecule has 1 saturated heterocycles. The maximum Gasteiger partial charge on any atom is 0.246 e. The minimum absolute atomic E-state index is 0.123. The van der Waals surface area contributed by atoms with Gasteiger partial charge in [0.1, 0.15) is 22.1 Å². The highest BCUT2D eigenvalue weighted by Crippen LogP contribution is 2.33. The summed E-state index contributed by atoms with van der Waals surface area (Å²) in [6.07, 6.45) is 1.23. The van der Waals surface area contributed by atoms with Crippen LogP contribution in [0.15, 0.2) is 77.7 Å². The van der Waals surface area contributed by atoms with E-state index < -0.39 is 15.9 Å². The number of rotatable bonds is 8. The smallest absolute Gasteiger partial charge is 0.246 e. The fourth-order valence-electron chi connectivity index (χ4n) is 4.24. The first-order valence-corrected chi connectivity index (χ1v) is 13.5. The van der Waals surface area contributed by atoms with E-state index in [0.717, 1.165) is 11.3 Å². The van der Waals surface area contributed by atoms with Crippen molar-refractivity contribution in [1.29, 1.82) is 0 Å². The van der Waals surface area contributed by atoms with Crippen LogP contribution in [0.4, 0.5) is 5.69 Å². The van der Waals surface area contributed by atoms with E-state index in [4.69, 9.17) is 9.47 Å². The first kappa shape index (κ1) is 25.7. The Bertz CT molecular complexity index is 1290. The van der Waals surface area contributed by atoms with E-state index in [9.17, 15) is 13.2 Å². The van der Waals surface area contributed by atoms with Crippen LogP contribution in [0.5, 0.6) is 17.2 Å². The molecule has 1 aliphatic heterocycles. The molecule has 3 aromatic carbocycles. The maximum atomic E-state index is 13.6. The summed E-state index contributed by atoms with van der Waals surface area (Å²) < 4.78 is 39.7. The molecule has 190 valence electrons. The van der Waals surface area contributed by atoms with Crippen LogP contribution in [0.3, 0.4) is 0 Å². The number of hydrogen-bond donors (Lipinski definition) is 1. The zero-order chi connectivity index (χ0) is 25.7. The SMILES string of the molecule is COc1ccc(C(C)C)cc1S(=O)(=O)N1CCC[C@@H](C(=O)Nc2ccc(Oc3ccccc3)cc2)C1. The summed E-state index contributed by atoms with van der Waals surface area (Å²) in [6, 6.07) is 21.8. The molecule has 1 atom stereocenters. The van der Waals surface area contributed by atoms with Crippen LogP contribution >= 0.6 is 0 Å². The molecule has 0 unspecified atom stereocenters. The third-order valence-electron chi connectivity index (χ3n) is 6.33. The molecule has 1 heterocycles. The number of piperidine rings is 1. The average Bonchev–Trinajstić information content (AvgIpc) is 2.90. The Morgan fingerprint density at radius 3 is 2.36 bits per heavy atom. The van der Waals surface area contributed by atoms with Crippen molar-refractivity contribution >= 4 is 21.6 Å². The molecule has 1 amide bonds. The number of sulfonamides is 1. The lowest BCUT2D eigenvalue weighted by Gasteiger charge is -2.31. The highest BCUT2D eigenvalue weighted by molar-refractivity contribution is 7.89. The van der Waals surface area contributed by atoms with Crippen molar-refractivity contribution in [2.75, 3.05) is 25.5 Å². The molecule has 1 aliphatic rings. The number of carbonyl (C=O) groups excluding carboxylic acids is 1. The monoisotopic (exact) mass is 508 g/mol. The normalized spacial score (nSPS) is 16.5. The van der Waals surface area contributed by atoms with Gasteiger partial charge in [0.15, 0.2) is 0 Å². The van der Waals surface area contributed by atoms with Crippen molar-refractivity contribution in [3.8, 4) is 17.2 Å². The van der Waals surface area contributed by atoms with Gasteiger partial charge in [-0.15, -0.1) is 0 Å². The van der Waals surface area contributed by atoms with Crippen LogP contribution in [0.1, 0.15) is 38.2 Å². The topological polar surface area (TPSA) is 84.9 Å². The van der Waals surface area contributed by atoms with Gasteiger partial charge >= 0.3 is 0 Å². The molecule has 7 nitrogen and oxygen atoms in total. The van der Waals surface area contributed by atoms with E-state index in [0.29, 0.717) is 36.6 Å². The first-order valence-electron chi connectivity index (χ1n) is 12.1. The van der Waals surface area contributed by atoms with Crippen LogP contribution in [0, 0.1) is 5.92 Å². The largest absolute Gasteiger partial charge is 0.495 e. The number of ether oxygens (including phenoxy) is 2. The lowest BCUT2D eigenvalue weighted by molar-refractivity contribution is -0.120. The van der Waals surface area contributed by atoms with E-state index in [2.05, 4.69) is 5.32 Å². The van der Waals surface area contributed by atoms with E-state index in [-0.39, 0.29) is 23.3 Å². The Kier molecular flexibility index (Phi) is 7.96. The van der Waals surface area contributed by atoms with Gasteiger partial charge in [-0.05, 0) is 72.9 Å². The number of amides is 1. The predicted molar refractivity (Wildman–Crippen MR) is 140 cm³/mol. The summed E-state index contributed by atoms with van der Waals surface area (Å²) in [4.78, 5) is 13.2. The molecule has 3 aromatic rings. The van der Waals surface area contributed by atoms with E-state index in [1.165, 1.54) is 11.4 Å². The standard InChI is InChI=1S/C28H32N2O5S/c1-20(2)21-11-16-26(34-3)27(18-21)36(32,33)30-17-7-8-22(19-30)28(31)29-23-12-14-25(15-13-23)35-24-9-5-4-6-10-24/h4-6,9-16,18,20,22H,7-8,17,19H2,1-3H3,(H,29,31)/t22-/m1/s1. The number of anilines is 1. The zero-order valence-electron chi connectivity index (χ0n) is 20.8.